The molecule has 0 bridgehead atoms. The zero-order valence-electron chi connectivity index (χ0n) is 11.0. The highest BCUT2D eigenvalue weighted by Gasteiger charge is 2.22. The minimum Gasteiger partial charge on any atom is -0.294 e. The van der Waals surface area contributed by atoms with Gasteiger partial charge < -0.3 is 0 Å². The first-order valence-corrected chi connectivity index (χ1v) is 6.70. The minimum absolute atomic E-state index is 0.147. The summed E-state index contributed by atoms with van der Waals surface area (Å²) in [7, 11) is 0. The molecule has 1 saturated carbocycles. The highest BCUT2D eigenvalue weighted by Crippen LogP contribution is 2.26. The van der Waals surface area contributed by atoms with Crippen LogP contribution in [0.1, 0.15) is 31.9 Å². The van der Waals surface area contributed by atoms with Crippen LogP contribution < -0.4 is 0 Å². The Kier molecular flexibility index (Phi) is 3.11. The van der Waals surface area contributed by atoms with E-state index >= 15 is 0 Å². The van der Waals surface area contributed by atoms with E-state index in [4.69, 9.17) is 0 Å². The second-order valence-electron chi connectivity index (χ2n) is 5.11. The van der Waals surface area contributed by atoms with Crippen molar-refractivity contribution in [1.82, 2.24) is 9.97 Å². The summed E-state index contributed by atoms with van der Waals surface area (Å²) in [5.74, 6) is 0.412. The van der Waals surface area contributed by atoms with Crippen LogP contribution in [0.2, 0.25) is 0 Å². The number of Topliss-reactive ketones (excluding diaryl/α,β-unsaturated/α-hetero) is 1. The summed E-state index contributed by atoms with van der Waals surface area (Å²) >= 11 is 0. The van der Waals surface area contributed by atoms with E-state index in [0.29, 0.717) is 0 Å². The van der Waals surface area contributed by atoms with Gasteiger partial charge in [-0.05, 0) is 43.0 Å². The first-order valence-electron chi connectivity index (χ1n) is 6.70. The third-order valence-electron chi connectivity index (χ3n) is 3.64. The fourth-order valence-electron chi connectivity index (χ4n) is 2.53. The molecule has 2 aromatic rings. The van der Waals surface area contributed by atoms with Gasteiger partial charge in [0.25, 0.3) is 0 Å². The monoisotopic (exact) mass is 252 g/mol. The number of carbonyl (C=O) groups is 1. The molecule has 1 aromatic heterocycles. The summed E-state index contributed by atoms with van der Waals surface area (Å²) < 4.78 is 0. The van der Waals surface area contributed by atoms with Gasteiger partial charge in [-0.1, -0.05) is 19.1 Å². The van der Waals surface area contributed by atoms with Gasteiger partial charge in [-0.2, -0.15) is 0 Å². The number of rotatable bonds is 1. The first-order chi connectivity index (χ1) is 9.24. The molecule has 0 radical (unpaired) electrons. The van der Waals surface area contributed by atoms with Gasteiger partial charge in [-0.3, -0.25) is 9.78 Å². The van der Waals surface area contributed by atoms with Gasteiger partial charge in [0.15, 0.2) is 5.78 Å². The van der Waals surface area contributed by atoms with Crippen molar-refractivity contribution in [2.24, 2.45) is 5.92 Å². The average molecular weight is 252 g/mol. The number of carbonyl (C=O) groups excluding carboxylic acids is 1. The first kappa shape index (κ1) is 12.0. The Balaban J connectivity index is 1.98. The molecular weight excluding hydrogens is 236 g/mol. The Morgan fingerprint density at radius 2 is 2.05 bits per heavy atom. The smallest absolute Gasteiger partial charge is 0.161 e. The third kappa shape index (κ3) is 2.41. The SMILES string of the molecule is C[C@@H]1CCC/C(=C\c2cnc3ccccc3n2)C1=O. The molecule has 3 heteroatoms. The Bertz CT molecular complexity index is 661. The summed E-state index contributed by atoms with van der Waals surface area (Å²) in [5.41, 5.74) is 3.42. The van der Waals surface area contributed by atoms with Crippen LogP contribution in [0.4, 0.5) is 0 Å². The lowest BCUT2D eigenvalue weighted by molar-refractivity contribution is -0.119. The van der Waals surface area contributed by atoms with Crippen LogP contribution in [0.25, 0.3) is 17.1 Å². The molecule has 3 nitrogen and oxygen atoms in total. The largest absolute Gasteiger partial charge is 0.294 e. The standard InChI is InChI=1S/C16H16N2O/c1-11-5-4-6-12(16(11)19)9-13-10-17-14-7-2-3-8-15(14)18-13/h2-3,7-11H,4-6H2,1H3/b12-9+/t11-/m1/s1. The Morgan fingerprint density at radius 1 is 1.26 bits per heavy atom. The number of benzene rings is 1. The van der Waals surface area contributed by atoms with Crippen molar-refractivity contribution in [3.63, 3.8) is 0 Å². The number of hydrogen-bond donors (Lipinski definition) is 0. The predicted octanol–water partition coefficient (Wildman–Crippen LogP) is 3.40. The number of aromatic nitrogens is 2. The molecule has 1 aliphatic rings. The van der Waals surface area contributed by atoms with Gasteiger partial charge >= 0.3 is 0 Å². The van der Waals surface area contributed by atoms with Crippen LogP contribution in [0.15, 0.2) is 36.0 Å². The van der Waals surface area contributed by atoms with Gasteiger partial charge in [0.2, 0.25) is 0 Å². The highest BCUT2D eigenvalue weighted by molar-refractivity contribution is 6.01. The maximum absolute atomic E-state index is 12.1. The van der Waals surface area contributed by atoms with Crippen LogP contribution in [0, 0.1) is 5.92 Å². The zero-order chi connectivity index (χ0) is 13.2. The summed E-state index contributed by atoms with van der Waals surface area (Å²) in [6.45, 7) is 2.00. The van der Waals surface area contributed by atoms with Crippen molar-refractivity contribution in [3.8, 4) is 0 Å². The lowest BCUT2D eigenvalue weighted by Gasteiger charge is -2.18. The van der Waals surface area contributed by atoms with Crippen molar-refractivity contribution < 1.29 is 4.79 Å². The molecule has 1 fully saturated rings. The summed E-state index contributed by atoms with van der Waals surface area (Å²) in [6, 6.07) is 7.77. The van der Waals surface area contributed by atoms with Crippen LogP contribution in [-0.2, 0) is 4.79 Å². The maximum Gasteiger partial charge on any atom is 0.161 e. The van der Waals surface area contributed by atoms with E-state index in [2.05, 4.69) is 9.97 Å². The summed E-state index contributed by atoms with van der Waals surface area (Å²) in [5, 5.41) is 0. The van der Waals surface area contributed by atoms with E-state index in [1.54, 1.807) is 6.20 Å². The third-order valence-corrected chi connectivity index (χ3v) is 3.64. The van der Waals surface area contributed by atoms with Crippen molar-refractivity contribution in [1.29, 1.82) is 0 Å². The Labute approximate surface area is 112 Å². The molecule has 96 valence electrons. The number of para-hydroxylation sites is 2. The van der Waals surface area contributed by atoms with Crippen LogP contribution in [0.5, 0.6) is 0 Å². The van der Waals surface area contributed by atoms with E-state index < -0.39 is 0 Å². The van der Waals surface area contributed by atoms with Gasteiger partial charge in [-0.25, -0.2) is 4.98 Å². The van der Waals surface area contributed by atoms with Gasteiger partial charge in [0.1, 0.15) is 0 Å². The maximum atomic E-state index is 12.1. The number of nitrogens with zero attached hydrogens (tertiary/aromatic N) is 2. The lowest BCUT2D eigenvalue weighted by Crippen LogP contribution is -2.18. The average Bonchev–Trinajstić information content (AvgIpc) is 2.44. The Morgan fingerprint density at radius 3 is 2.89 bits per heavy atom. The topological polar surface area (TPSA) is 42.9 Å². The molecule has 0 spiro atoms. The summed E-state index contributed by atoms with van der Waals surface area (Å²) in [4.78, 5) is 21.0. The fraction of sp³-hybridized carbons (Fsp3) is 0.312. The van der Waals surface area contributed by atoms with E-state index in [-0.39, 0.29) is 11.7 Å². The van der Waals surface area contributed by atoms with Crippen molar-refractivity contribution in [2.75, 3.05) is 0 Å². The van der Waals surface area contributed by atoms with Crippen molar-refractivity contribution in [3.05, 3.63) is 41.7 Å². The molecule has 1 aromatic carbocycles. The molecule has 0 saturated heterocycles. The van der Waals surface area contributed by atoms with E-state index in [9.17, 15) is 4.79 Å². The minimum atomic E-state index is 0.147. The number of allylic oxidation sites excluding steroid dienone is 1. The van der Waals surface area contributed by atoms with E-state index in [1.807, 2.05) is 37.3 Å². The normalized spacial score (nSPS) is 22.1. The molecule has 0 aliphatic heterocycles. The molecule has 0 unspecified atom stereocenters. The van der Waals surface area contributed by atoms with E-state index in [1.165, 1.54) is 0 Å². The molecule has 1 aliphatic carbocycles. The van der Waals surface area contributed by atoms with Crippen molar-refractivity contribution in [2.45, 2.75) is 26.2 Å². The fourth-order valence-corrected chi connectivity index (χ4v) is 2.53. The molecule has 0 amide bonds. The lowest BCUT2D eigenvalue weighted by atomic mass is 9.85. The molecule has 0 N–H and O–H groups in total. The van der Waals surface area contributed by atoms with E-state index in [0.717, 1.165) is 41.6 Å². The zero-order valence-corrected chi connectivity index (χ0v) is 11.0. The highest BCUT2D eigenvalue weighted by atomic mass is 16.1. The second kappa shape index (κ2) is 4.92. The van der Waals surface area contributed by atoms with Crippen LogP contribution >= 0.6 is 0 Å². The summed E-state index contributed by atoms with van der Waals surface area (Å²) in [6.07, 6.45) is 6.58. The molecular formula is C16H16N2O. The predicted molar refractivity (Wildman–Crippen MR) is 75.5 cm³/mol. The van der Waals surface area contributed by atoms with Gasteiger partial charge in [0.05, 0.1) is 22.9 Å². The van der Waals surface area contributed by atoms with Gasteiger partial charge in [-0.15, -0.1) is 0 Å². The Hall–Kier alpha value is -2.03. The number of ketones is 1. The van der Waals surface area contributed by atoms with Crippen LogP contribution in [-0.4, -0.2) is 15.8 Å². The second-order valence-corrected chi connectivity index (χ2v) is 5.11. The molecule has 1 heterocycles. The molecule has 1 atom stereocenters. The molecule has 3 rings (SSSR count). The number of fused-ring (bicyclic) bond motifs is 1. The molecule has 19 heavy (non-hydrogen) atoms. The van der Waals surface area contributed by atoms with Crippen LogP contribution in [0.3, 0.4) is 0 Å². The van der Waals surface area contributed by atoms with Gasteiger partial charge in [0, 0.05) is 5.92 Å². The van der Waals surface area contributed by atoms with Crippen molar-refractivity contribution >= 4 is 22.9 Å². The number of hydrogen-bond acceptors (Lipinski definition) is 3. The quantitative estimate of drug-likeness (QED) is 0.730.